The third kappa shape index (κ3) is 10.6. The third-order valence-corrected chi connectivity index (χ3v) is 8.18. The second-order valence-electron chi connectivity index (χ2n) is 10.3. The van der Waals surface area contributed by atoms with Gasteiger partial charge in [0.2, 0.25) is 5.91 Å². The van der Waals surface area contributed by atoms with Crippen LogP contribution in [0.15, 0.2) is 53.9 Å². The van der Waals surface area contributed by atoms with E-state index in [2.05, 4.69) is 19.9 Å². The maximum absolute atomic E-state index is 13.9. The molecule has 0 fully saturated rings. The van der Waals surface area contributed by atoms with Gasteiger partial charge in [-0.25, -0.2) is 0 Å². The van der Waals surface area contributed by atoms with Crippen molar-refractivity contribution in [1.29, 1.82) is 0 Å². The summed E-state index contributed by atoms with van der Waals surface area (Å²) in [7, 11) is 3.22. The number of carbonyl (C=O) groups excluding carboxylic acids is 2. The van der Waals surface area contributed by atoms with Crippen molar-refractivity contribution in [2.75, 3.05) is 53.7 Å². The Labute approximate surface area is 260 Å². The molecule has 8 nitrogen and oxygen atoms in total. The number of methoxy groups -OCH3 is 2. The molecule has 234 valence electrons. The molecule has 0 aliphatic rings. The van der Waals surface area contributed by atoms with Gasteiger partial charge in [-0.15, -0.1) is 11.3 Å². The largest absolute Gasteiger partial charge is 0.494 e. The van der Waals surface area contributed by atoms with E-state index in [-0.39, 0.29) is 18.4 Å². The highest BCUT2D eigenvalue weighted by Gasteiger charge is 2.23. The van der Waals surface area contributed by atoms with E-state index in [1.165, 1.54) is 0 Å². The first-order chi connectivity index (χ1) is 20.9. The molecule has 0 saturated heterocycles. The topological polar surface area (TPSA) is 77.5 Å². The third-order valence-electron chi connectivity index (χ3n) is 7.18. The first-order valence-electron chi connectivity index (χ1n) is 15.0. The Morgan fingerprint density at radius 2 is 1.63 bits per heavy atom. The van der Waals surface area contributed by atoms with Crippen LogP contribution >= 0.6 is 11.3 Å². The molecule has 0 aliphatic carbocycles. The van der Waals surface area contributed by atoms with Crippen molar-refractivity contribution in [3.8, 4) is 17.2 Å². The minimum Gasteiger partial charge on any atom is -0.494 e. The minimum atomic E-state index is -0.183. The molecule has 0 atom stereocenters. The quantitative estimate of drug-likeness (QED) is 0.146. The van der Waals surface area contributed by atoms with E-state index in [1.54, 1.807) is 42.6 Å². The van der Waals surface area contributed by atoms with Gasteiger partial charge in [-0.05, 0) is 92.1 Å². The molecule has 3 rings (SSSR count). The van der Waals surface area contributed by atoms with Crippen molar-refractivity contribution in [3.63, 3.8) is 0 Å². The Kier molecular flexibility index (Phi) is 14.3. The summed E-state index contributed by atoms with van der Waals surface area (Å²) < 4.78 is 22.1. The predicted octanol–water partition coefficient (Wildman–Crippen LogP) is 6.39. The van der Waals surface area contributed by atoms with Gasteiger partial charge in [-0.3, -0.25) is 9.59 Å². The predicted molar refractivity (Wildman–Crippen MR) is 172 cm³/mol. The number of amides is 2. The summed E-state index contributed by atoms with van der Waals surface area (Å²) in [5.74, 6) is 1.77. The summed E-state index contributed by atoms with van der Waals surface area (Å²) >= 11 is 1.64. The maximum atomic E-state index is 13.9. The van der Waals surface area contributed by atoms with Gasteiger partial charge < -0.3 is 28.7 Å². The average Bonchev–Trinajstić information content (AvgIpc) is 3.44. The second kappa shape index (κ2) is 18.2. The summed E-state index contributed by atoms with van der Waals surface area (Å²) in [5, 5.41) is 2.04. The number of unbranched alkanes of at least 4 members (excludes halogenated alkanes) is 1. The smallest absolute Gasteiger partial charge is 0.254 e. The van der Waals surface area contributed by atoms with Gasteiger partial charge in [-0.1, -0.05) is 19.4 Å². The minimum absolute atomic E-state index is 0.0178. The number of ether oxygens (including phenoxy) is 4. The van der Waals surface area contributed by atoms with E-state index in [4.69, 9.17) is 18.9 Å². The van der Waals surface area contributed by atoms with Crippen LogP contribution in [0.4, 0.5) is 0 Å². The molecular formula is C34H46N2O6S. The number of rotatable bonds is 19. The van der Waals surface area contributed by atoms with Crippen LogP contribution in [0.1, 0.15) is 59.5 Å². The van der Waals surface area contributed by atoms with E-state index in [0.29, 0.717) is 69.4 Å². The van der Waals surface area contributed by atoms with E-state index in [0.717, 1.165) is 34.6 Å². The second-order valence-corrected chi connectivity index (χ2v) is 11.3. The van der Waals surface area contributed by atoms with E-state index < -0.39 is 0 Å². The molecule has 3 aromatic rings. The Bertz CT molecular complexity index is 1280. The lowest BCUT2D eigenvalue weighted by Gasteiger charge is -2.28. The van der Waals surface area contributed by atoms with Crippen LogP contribution in [0, 0.1) is 6.92 Å². The van der Waals surface area contributed by atoms with Gasteiger partial charge in [0.15, 0.2) is 11.5 Å². The Balaban J connectivity index is 1.78. The number of aryl methyl sites for hydroxylation is 1. The lowest BCUT2D eigenvalue weighted by molar-refractivity contribution is -0.132. The van der Waals surface area contributed by atoms with Crippen molar-refractivity contribution in [2.24, 2.45) is 0 Å². The fraction of sp³-hybridized carbons (Fsp3) is 0.471. The highest BCUT2D eigenvalue weighted by atomic mass is 32.1. The van der Waals surface area contributed by atoms with Crippen molar-refractivity contribution in [3.05, 3.63) is 75.5 Å². The Morgan fingerprint density at radius 3 is 2.28 bits per heavy atom. The fourth-order valence-electron chi connectivity index (χ4n) is 4.56. The highest BCUT2D eigenvalue weighted by molar-refractivity contribution is 7.10. The molecule has 0 aliphatic heterocycles. The first kappa shape index (κ1) is 33.9. The summed E-state index contributed by atoms with van der Waals surface area (Å²) in [6, 6.07) is 15.0. The zero-order chi connectivity index (χ0) is 31.0. The van der Waals surface area contributed by atoms with E-state index >= 15 is 0 Å². The van der Waals surface area contributed by atoms with Gasteiger partial charge in [0.25, 0.3) is 5.91 Å². The van der Waals surface area contributed by atoms with Gasteiger partial charge >= 0.3 is 0 Å². The molecule has 0 unspecified atom stereocenters. The van der Waals surface area contributed by atoms with Crippen molar-refractivity contribution >= 4 is 23.2 Å². The summed E-state index contributed by atoms with van der Waals surface area (Å²) in [6.07, 6.45) is 3.30. The molecular weight excluding hydrogens is 564 g/mol. The summed E-state index contributed by atoms with van der Waals surface area (Å²) in [4.78, 5) is 32.2. The van der Waals surface area contributed by atoms with Crippen LogP contribution in [-0.4, -0.2) is 75.3 Å². The molecule has 0 bridgehead atoms. The number of nitrogens with zero attached hydrogens (tertiary/aromatic N) is 2. The van der Waals surface area contributed by atoms with Gasteiger partial charge in [0.1, 0.15) is 12.3 Å². The van der Waals surface area contributed by atoms with Crippen LogP contribution in [0.3, 0.4) is 0 Å². The SMILES string of the molecule is CCCCOc1ccc(C(=O)N(CCCOCC)CC(=O)N(CCc2ccc(OC)c(OC)c2)Cc2sccc2C)cc1. The number of hydrogen-bond donors (Lipinski definition) is 0. The molecule has 9 heteroatoms. The van der Waals surface area contributed by atoms with Crippen LogP contribution in [0.2, 0.25) is 0 Å². The monoisotopic (exact) mass is 610 g/mol. The molecule has 0 saturated carbocycles. The van der Waals surface area contributed by atoms with Gasteiger partial charge in [0.05, 0.1) is 27.4 Å². The van der Waals surface area contributed by atoms with Crippen LogP contribution in [0.25, 0.3) is 0 Å². The van der Waals surface area contributed by atoms with Gasteiger partial charge in [0, 0.05) is 36.7 Å². The maximum Gasteiger partial charge on any atom is 0.254 e. The van der Waals surface area contributed by atoms with E-state index in [1.807, 2.05) is 47.5 Å². The lowest BCUT2D eigenvalue weighted by Crippen LogP contribution is -2.44. The molecule has 1 aromatic heterocycles. The van der Waals surface area contributed by atoms with Crippen LogP contribution in [-0.2, 0) is 22.5 Å². The Morgan fingerprint density at radius 1 is 0.860 bits per heavy atom. The van der Waals surface area contributed by atoms with Crippen molar-refractivity contribution in [2.45, 2.75) is 53.0 Å². The zero-order valence-electron chi connectivity index (χ0n) is 26.2. The highest BCUT2D eigenvalue weighted by Crippen LogP contribution is 2.28. The summed E-state index contributed by atoms with van der Waals surface area (Å²) in [5.41, 5.74) is 2.71. The average molecular weight is 611 g/mol. The molecule has 0 N–H and O–H groups in total. The summed E-state index contributed by atoms with van der Waals surface area (Å²) in [6.45, 7) is 9.28. The number of thiophene rings is 1. The number of carbonyl (C=O) groups is 2. The van der Waals surface area contributed by atoms with Crippen LogP contribution < -0.4 is 14.2 Å². The molecule has 43 heavy (non-hydrogen) atoms. The molecule has 1 heterocycles. The first-order valence-corrected chi connectivity index (χ1v) is 15.9. The lowest BCUT2D eigenvalue weighted by atomic mass is 10.1. The number of hydrogen-bond acceptors (Lipinski definition) is 7. The standard InChI is InChI=1S/C34H46N2O6S/c1-6-8-21-42-29-13-11-28(12-14-29)34(38)36(18-9-20-41-7-2)25-33(37)35(24-32-26(3)17-22-43-32)19-16-27-10-15-30(39-4)31(23-27)40-5/h10-15,17,22-23H,6-9,16,18-21,24-25H2,1-5H3. The number of benzene rings is 2. The molecule has 0 spiro atoms. The molecule has 2 amide bonds. The van der Waals surface area contributed by atoms with Crippen molar-refractivity contribution in [1.82, 2.24) is 9.80 Å². The van der Waals surface area contributed by atoms with E-state index in [9.17, 15) is 9.59 Å². The zero-order valence-corrected chi connectivity index (χ0v) is 27.0. The van der Waals surface area contributed by atoms with Gasteiger partial charge in [-0.2, -0.15) is 0 Å². The Hall–Kier alpha value is -3.56. The fourth-order valence-corrected chi connectivity index (χ4v) is 5.48. The van der Waals surface area contributed by atoms with Crippen LogP contribution in [0.5, 0.6) is 17.2 Å². The van der Waals surface area contributed by atoms with Crippen molar-refractivity contribution < 1.29 is 28.5 Å². The molecule has 0 radical (unpaired) electrons. The molecule has 2 aromatic carbocycles. The normalized spacial score (nSPS) is 10.8.